The lowest BCUT2D eigenvalue weighted by molar-refractivity contribution is -0.140. The minimum absolute atomic E-state index is 0.105. The zero-order chi connectivity index (χ0) is 27.8. The molecule has 0 aliphatic carbocycles. The van der Waals surface area contributed by atoms with Gasteiger partial charge in [-0.2, -0.15) is 0 Å². The van der Waals surface area contributed by atoms with Crippen molar-refractivity contribution >= 4 is 17.4 Å². The minimum atomic E-state index is -0.731. The van der Waals surface area contributed by atoms with Gasteiger partial charge in [-0.25, -0.2) is 0 Å². The van der Waals surface area contributed by atoms with Crippen molar-refractivity contribution in [1.82, 2.24) is 9.80 Å². The highest BCUT2D eigenvalue weighted by molar-refractivity contribution is 6.46. The number of ketones is 1. The van der Waals surface area contributed by atoms with E-state index in [4.69, 9.17) is 9.47 Å². The first-order chi connectivity index (χ1) is 18.3. The van der Waals surface area contributed by atoms with Crippen molar-refractivity contribution < 1.29 is 24.2 Å². The standard InChI is InChI=1S/C31H42N2O5/c1-7-10-18-38-25-15-14-23(20-26(25)37-6)28-27(29(34)24-19-21(4)12-13-22(24)5)30(35)31(36)33(28)17-11-16-32(8-2)9-3/h12-15,19-20,28,34H,7-11,16-18H2,1-6H3. The molecule has 3 rings (SSSR count). The number of aliphatic hydroxyl groups is 1. The molecule has 0 saturated carbocycles. The van der Waals surface area contributed by atoms with Crippen LogP contribution in [-0.2, 0) is 9.59 Å². The highest BCUT2D eigenvalue weighted by atomic mass is 16.5. The van der Waals surface area contributed by atoms with E-state index in [1.54, 1.807) is 12.0 Å². The summed E-state index contributed by atoms with van der Waals surface area (Å²) in [6.45, 7) is 13.7. The number of carbonyl (C=O) groups is 2. The van der Waals surface area contributed by atoms with Crippen LogP contribution in [0, 0.1) is 13.8 Å². The quantitative estimate of drug-likeness (QED) is 0.159. The summed E-state index contributed by atoms with van der Waals surface area (Å²) in [5.74, 6) is -0.276. The summed E-state index contributed by atoms with van der Waals surface area (Å²) >= 11 is 0. The predicted molar refractivity (Wildman–Crippen MR) is 151 cm³/mol. The van der Waals surface area contributed by atoms with E-state index in [-0.39, 0.29) is 11.3 Å². The topological polar surface area (TPSA) is 79.3 Å². The second-order valence-electron chi connectivity index (χ2n) is 9.80. The molecular weight excluding hydrogens is 480 g/mol. The molecule has 1 atom stereocenters. The van der Waals surface area contributed by atoms with E-state index in [0.717, 1.165) is 43.6 Å². The molecule has 2 aromatic carbocycles. The van der Waals surface area contributed by atoms with Crippen LogP contribution in [0.2, 0.25) is 0 Å². The van der Waals surface area contributed by atoms with Gasteiger partial charge in [0, 0.05) is 12.1 Å². The molecule has 38 heavy (non-hydrogen) atoms. The van der Waals surface area contributed by atoms with E-state index < -0.39 is 17.7 Å². The van der Waals surface area contributed by atoms with E-state index in [9.17, 15) is 14.7 Å². The number of benzene rings is 2. The first-order valence-corrected chi connectivity index (χ1v) is 13.7. The van der Waals surface area contributed by atoms with Gasteiger partial charge in [0.1, 0.15) is 5.76 Å². The molecule has 1 heterocycles. The van der Waals surface area contributed by atoms with Crippen molar-refractivity contribution in [3.05, 3.63) is 64.2 Å². The van der Waals surface area contributed by atoms with Crippen molar-refractivity contribution in [2.45, 2.75) is 59.9 Å². The van der Waals surface area contributed by atoms with Gasteiger partial charge in [-0.3, -0.25) is 9.59 Å². The van der Waals surface area contributed by atoms with Gasteiger partial charge in [-0.05, 0) is 75.6 Å². The van der Waals surface area contributed by atoms with Gasteiger partial charge in [0.15, 0.2) is 11.5 Å². The van der Waals surface area contributed by atoms with Crippen molar-refractivity contribution in [2.24, 2.45) is 0 Å². The van der Waals surface area contributed by atoms with Gasteiger partial charge in [0.25, 0.3) is 11.7 Å². The molecule has 1 aliphatic heterocycles. The zero-order valence-electron chi connectivity index (χ0n) is 23.7. The number of Topliss-reactive ketones (excluding diaryl/α,β-unsaturated/α-hetero) is 1. The van der Waals surface area contributed by atoms with Crippen LogP contribution >= 0.6 is 0 Å². The van der Waals surface area contributed by atoms with Gasteiger partial charge in [0.05, 0.1) is 25.3 Å². The van der Waals surface area contributed by atoms with Crippen molar-refractivity contribution in [3.8, 4) is 11.5 Å². The van der Waals surface area contributed by atoms with Crippen molar-refractivity contribution in [2.75, 3.05) is 39.9 Å². The molecule has 0 aromatic heterocycles. The molecule has 7 heteroatoms. The van der Waals surface area contributed by atoms with E-state index in [0.29, 0.717) is 42.2 Å². The molecule has 1 aliphatic rings. The average molecular weight is 523 g/mol. The maximum atomic E-state index is 13.4. The number of carbonyl (C=O) groups excluding carboxylic acids is 2. The average Bonchev–Trinajstić information content (AvgIpc) is 3.17. The molecular formula is C31H42N2O5. The Balaban J connectivity index is 2.10. The highest BCUT2D eigenvalue weighted by Crippen LogP contribution is 2.42. The smallest absolute Gasteiger partial charge is 0.295 e. The van der Waals surface area contributed by atoms with Gasteiger partial charge >= 0.3 is 0 Å². The number of methoxy groups -OCH3 is 1. The maximum absolute atomic E-state index is 13.4. The third-order valence-corrected chi connectivity index (χ3v) is 7.21. The summed E-state index contributed by atoms with van der Waals surface area (Å²) in [6, 6.07) is 10.5. The molecule has 1 saturated heterocycles. The fraction of sp³-hybridized carbons (Fsp3) is 0.484. The second-order valence-corrected chi connectivity index (χ2v) is 9.80. The van der Waals surface area contributed by atoms with Crippen molar-refractivity contribution in [1.29, 1.82) is 0 Å². The Morgan fingerprint density at radius 3 is 2.39 bits per heavy atom. The predicted octanol–water partition coefficient (Wildman–Crippen LogP) is 5.64. The number of unbranched alkanes of at least 4 members (excludes halogenated alkanes) is 1. The summed E-state index contributed by atoms with van der Waals surface area (Å²) in [5.41, 5.74) is 3.14. The Labute approximate surface area is 227 Å². The normalized spacial score (nSPS) is 16.9. The maximum Gasteiger partial charge on any atom is 0.295 e. The van der Waals surface area contributed by atoms with E-state index in [1.807, 2.05) is 50.2 Å². The first kappa shape index (κ1) is 29.2. The number of aryl methyl sites for hydroxylation is 2. The molecule has 1 N–H and O–H groups in total. The molecule has 1 fully saturated rings. The Morgan fingerprint density at radius 1 is 1.00 bits per heavy atom. The lowest BCUT2D eigenvalue weighted by Gasteiger charge is -2.27. The van der Waals surface area contributed by atoms with E-state index >= 15 is 0 Å². The largest absolute Gasteiger partial charge is 0.507 e. The molecule has 206 valence electrons. The third kappa shape index (κ3) is 6.38. The number of likely N-dealkylation sites (tertiary alicyclic amines) is 1. The van der Waals surface area contributed by atoms with Crippen LogP contribution in [0.3, 0.4) is 0 Å². The Morgan fingerprint density at radius 2 is 1.74 bits per heavy atom. The number of rotatable bonds is 13. The Hall–Kier alpha value is -3.32. The van der Waals surface area contributed by atoms with Crippen LogP contribution in [0.5, 0.6) is 11.5 Å². The molecule has 7 nitrogen and oxygen atoms in total. The van der Waals surface area contributed by atoms with Gasteiger partial charge in [0.2, 0.25) is 0 Å². The van der Waals surface area contributed by atoms with Crippen LogP contribution in [0.15, 0.2) is 42.0 Å². The second kappa shape index (κ2) is 13.5. The Kier molecular flexibility index (Phi) is 10.4. The highest BCUT2D eigenvalue weighted by Gasteiger charge is 2.46. The molecule has 0 radical (unpaired) electrons. The number of amides is 1. The van der Waals surface area contributed by atoms with E-state index in [1.165, 1.54) is 0 Å². The fourth-order valence-corrected chi connectivity index (χ4v) is 4.90. The SMILES string of the molecule is CCCCOc1ccc(C2C(=C(O)c3cc(C)ccc3C)C(=O)C(=O)N2CCCN(CC)CC)cc1OC. The lowest BCUT2D eigenvalue weighted by atomic mass is 9.93. The number of aliphatic hydroxyl groups excluding tert-OH is 1. The summed E-state index contributed by atoms with van der Waals surface area (Å²) < 4.78 is 11.5. The molecule has 1 unspecified atom stereocenters. The van der Waals surface area contributed by atoms with Gasteiger partial charge in [-0.15, -0.1) is 0 Å². The zero-order valence-corrected chi connectivity index (χ0v) is 23.7. The number of ether oxygens (including phenoxy) is 2. The van der Waals surface area contributed by atoms with E-state index in [2.05, 4.69) is 25.7 Å². The molecule has 2 aromatic rings. The summed E-state index contributed by atoms with van der Waals surface area (Å²) in [7, 11) is 1.57. The van der Waals surface area contributed by atoms with Crippen LogP contribution in [0.4, 0.5) is 0 Å². The number of hydrogen-bond acceptors (Lipinski definition) is 6. The summed E-state index contributed by atoms with van der Waals surface area (Å²) in [5, 5.41) is 11.5. The van der Waals surface area contributed by atoms with Gasteiger partial charge < -0.3 is 24.4 Å². The third-order valence-electron chi connectivity index (χ3n) is 7.21. The van der Waals surface area contributed by atoms with Crippen LogP contribution in [0.25, 0.3) is 5.76 Å². The first-order valence-electron chi connectivity index (χ1n) is 13.7. The molecule has 0 bridgehead atoms. The lowest BCUT2D eigenvalue weighted by Crippen LogP contribution is -2.33. The van der Waals surface area contributed by atoms with Crippen LogP contribution in [0.1, 0.15) is 68.3 Å². The fourth-order valence-electron chi connectivity index (χ4n) is 4.90. The number of hydrogen-bond donors (Lipinski definition) is 1. The van der Waals surface area contributed by atoms with Crippen molar-refractivity contribution in [3.63, 3.8) is 0 Å². The number of nitrogens with zero attached hydrogens (tertiary/aromatic N) is 2. The van der Waals surface area contributed by atoms with Gasteiger partial charge in [-0.1, -0.05) is 51.0 Å². The summed E-state index contributed by atoms with van der Waals surface area (Å²) in [6.07, 6.45) is 2.65. The Bertz CT molecular complexity index is 1170. The van der Waals surface area contributed by atoms with Crippen LogP contribution < -0.4 is 9.47 Å². The molecule has 0 spiro atoms. The summed E-state index contributed by atoms with van der Waals surface area (Å²) in [4.78, 5) is 30.7. The monoisotopic (exact) mass is 522 g/mol. The minimum Gasteiger partial charge on any atom is -0.507 e. The molecule has 1 amide bonds. The van der Waals surface area contributed by atoms with Crippen LogP contribution in [-0.4, -0.2) is 66.5 Å².